The van der Waals surface area contributed by atoms with Crippen molar-refractivity contribution in [1.82, 2.24) is 4.98 Å². The van der Waals surface area contributed by atoms with Gasteiger partial charge in [-0.2, -0.15) is 5.26 Å². The first-order chi connectivity index (χ1) is 8.20. The average molecular weight is 222 g/mol. The number of nitrogens with zero attached hydrogens (tertiary/aromatic N) is 2. The van der Waals surface area contributed by atoms with Gasteiger partial charge in [0.05, 0.1) is 17.3 Å². The number of hydrogen-bond acceptors (Lipinski definition) is 2. The first-order valence-electron chi connectivity index (χ1n) is 5.68. The number of nitriles is 1. The molecular formula is C15H14N2. The highest BCUT2D eigenvalue weighted by molar-refractivity contribution is 5.61. The lowest BCUT2D eigenvalue weighted by atomic mass is 10.1. The van der Waals surface area contributed by atoms with Gasteiger partial charge in [0.25, 0.3) is 0 Å². The zero-order chi connectivity index (χ0) is 12.3. The molecule has 2 rings (SSSR count). The van der Waals surface area contributed by atoms with Crippen molar-refractivity contribution in [2.45, 2.75) is 19.8 Å². The molecule has 0 spiro atoms. The first-order valence-corrected chi connectivity index (χ1v) is 5.68. The molecule has 84 valence electrons. The fourth-order valence-electron chi connectivity index (χ4n) is 1.68. The molecule has 17 heavy (non-hydrogen) atoms. The molecule has 0 N–H and O–H groups in total. The fourth-order valence-corrected chi connectivity index (χ4v) is 1.68. The summed E-state index contributed by atoms with van der Waals surface area (Å²) in [6, 6.07) is 15.7. The minimum atomic E-state index is 0.411. The maximum absolute atomic E-state index is 8.88. The third kappa shape index (κ3) is 2.51. The van der Waals surface area contributed by atoms with Gasteiger partial charge in [-0.3, -0.25) is 4.98 Å². The van der Waals surface area contributed by atoms with E-state index in [0.717, 1.165) is 17.0 Å². The van der Waals surface area contributed by atoms with Crippen LogP contribution in [0.25, 0.3) is 11.3 Å². The molecule has 0 fully saturated rings. The largest absolute Gasteiger partial charge is 0.253 e. The highest BCUT2D eigenvalue weighted by Crippen LogP contribution is 2.20. The van der Waals surface area contributed by atoms with Crippen LogP contribution in [0, 0.1) is 11.3 Å². The van der Waals surface area contributed by atoms with Crippen LogP contribution in [0.4, 0.5) is 0 Å². The Morgan fingerprint density at radius 2 is 1.88 bits per heavy atom. The normalized spacial score (nSPS) is 10.2. The van der Waals surface area contributed by atoms with Gasteiger partial charge >= 0.3 is 0 Å². The molecule has 2 nitrogen and oxygen atoms in total. The average Bonchev–Trinajstić information content (AvgIpc) is 2.39. The van der Waals surface area contributed by atoms with Crippen LogP contribution in [0.3, 0.4) is 0 Å². The number of pyridine rings is 1. The summed E-state index contributed by atoms with van der Waals surface area (Å²) in [6.07, 6.45) is 0. The van der Waals surface area contributed by atoms with Crippen LogP contribution in [0.1, 0.15) is 31.0 Å². The number of hydrogen-bond donors (Lipinski definition) is 0. The molecule has 1 aromatic heterocycles. The summed E-state index contributed by atoms with van der Waals surface area (Å²) >= 11 is 0. The Hall–Kier alpha value is -2.14. The quantitative estimate of drug-likeness (QED) is 0.776. The van der Waals surface area contributed by atoms with Crippen molar-refractivity contribution < 1.29 is 0 Å². The van der Waals surface area contributed by atoms with Crippen LogP contribution in [-0.2, 0) is 0 Å². The van der Waals surface area contributed by atoms with Gasteiger partial charge in [0.1, 0.15) is 0 Å². The predicted octanol–water partition coefficient (Wildman–Crippen LogP) is 3.74. The van der Waals surface area contributed by atoms with E-state index in [0.29, 0.717) is 11.5 Å². The number of benzene rings is 1. The molecule has 1 heterocycles. The Labute approximate surface area is 102 Å². The molecule has 2 heteroatoms. The maximum atomic E-state index is 8.88. The Balaban J connectivity index is 2.46. The summed E-state index contributed by atoms with van der Waals surface area (Å²) in [5, 5.41) is 8.88. The Morgan fingerprint density at radius 1 is 1.12 bits per heavy atom. The third-order valence-electron chi connectivity index (χ3n) is 2.65. The smallest absolute Gasteiger partial charge is 0.0991 e. The monoisotopic (exact) mass is 222 g/mol. The minimum Gasteiger partial charge on any atom is -0.253 e. The lowest BCUT2D eigenvalue weighted by Crippen LogP contribution is -1.94. The molecule has 0 aliphatic rings. The Kier molecular flexibility index (Phi) is 3.20. The molecule has 0 saturated carbocycles. The second-order valence-electron chi connectivity index (χ2n) is 4.30. The maximum Gasteiger partial charge on any atom is 0.0991 e. The zero-order valence-corrected chi connectivity index (χ0v) is 10.0. The Morgan fingerprint density at radius 3 is 2.59 bits per heavy atom. The van der Waals surface area contributed by atoms with Crippen molar-refractivity contribution in [3.8, 4) is 17.3 Å². The minimum absolute atomic E-state index is 0.411. The highest BCUT2D eigenvalue weighted by Gasteiger charge is 2.04. The predicted molar refractivity (Wildman–Crippen MR) is 68.5 cm³/mol. The summed E-state index contributed by atoms with van der Waals surface area (Å²) in [5.41, 5.74) is 3.66. The number of rotatable bonds is 2. The Bertz CT molecular complexity index is 565. The van der Waals surface area contributed by atoms with E-state index in [1.54, 1.807) is 6.07 Å². The van der Waals surface area contributed by atoms with Crippen molar-refractivity contribution in [3.63, 3.8) is 0 Å². The molecule has 2 aromatic rings. The molecule has 0 atom stereocenters. The van der Waals surface area contributed by atoms with Crippen molar-refractivity contribution in [3.05, 3.63) is 53.7 Å². The van der Waals surface area contributed by atoms with Crippen LogP contribution in [0.5, 0.6) is 0 Å². The lowest BCUT2D eigenvalue weighted by molar-refractivity contribution is 0.824. The lowest BCUT2D eigenvalue weighted by Gasteiger charge is -2.07. The highest BCUT2D eigenvalue weighted by atomic mass is 14.7. The zero-order valence-electron chi connectivity index (χ0n) is 10.0. The van der Waals surface area contributed by atoms with E-state index in [4.69, 9.17) is 5.26 Å². The molecule has 0 amide bonds. The van der Waals surface area contributed by atoms with E-state index < -0.39 is 0 Å². The summed E-state index contributed by atoms with van der Waals surface area (Å²) < 4.78 is 0. The summed E-state index contributed by atoms with van der Waals surface area (Å²) in [4.78, 5) is 4.61. The van der Waals surface area contributed by atoms with Gasteiger partial charge in [0, 0.05) is 11.3 Å². The number of aromatic nitrogens is 1. The fraction of sp³-hybridized carbons (Fsp3) is 0.200. The second kappa shape index (κ2) is 4.80. The molecular weight excluding hydrogens is 208 g/mol. The topological polar surface area (TPSA) is 36.7 Å². The second-order valence-corrected chi connectivity index (χ2v) is 4.30. The van der Waals surface area contributed by atoms with Crippen LogP contribution < -0.4 is 0 Å². The van der Waals surface area contributed by atoms with Gasteiger partial charge in [-0.15, -0.1) is 0 Å². The van der Waals surface area contributed by atoms with Gasteiger partial charge < -0.3 is 0 Å². The summed E-state index contributed by atoms with van der Waals surface area (Å²) in [5.74, 6) is 0.411. The van der Waals surface area contributed by atoms with Gasteiger partial charge in [0.2, 0.25) is 0 Å². The van der Waals surface area contributed by atoms with E-state index in [2.05, 4.69) is 24.9 Å². The van der Waals surface area contributed by atoms with Gasteiger partial charge in [-0.05, 0) is 30.2 Å². The van der Waals surface area contributed by atoms with Crippen LogP contribution in [0.15, 0.2) is 42.5 Å². The van der Waals surface area contributed by atoms with Crippen molar-refractivity contribution >= 4 is 0 Å². The van der Waals surface area contributed by atoms with E-state index in [1.807, 2.05) is 36.4 Å². The van der Waals surface area contributed by atoms with Crippen molar-refractivity contribution in [2.75, 3.05) is 0 Å². The van der Waals surface area contributed by atoms with Gasteiger partial charge in [0.15, 0.2) is 0 Å². The standard InChI is InChI=1S/C15H14N2/c1-11(2)14-7-4-8-15(17-14)13-6-3-5-12(9-13)10-16/h3-9,11H,1-2H3. The molecule has 0 aliphatic carbocycles. The van der Waals surface area contributed by atoms with Crippen LogP contribution in [0.2, 0.25) is 0 Å². The molecule has 0 radical (unpaired) electrons. The SMILES string of the molecule is CC(C)c1cccc(-c2cccc(C#N)c2)n1. The molecule has 1 aromatic carbocycles. The van der Waals surface area contributed by atoms with E-state index in [-0.39, 0.29) is 0 Å². The van der Waals surface area contributed by atoms with E-state index in [9.17, 15) is 0 Å². The molecule has 0 saturated heterocycles. The summed E-state index contributed by atoms with van der Waals surface area (Å²) in [7, 11) is 0. The van der Waals surface area contributed by atoms with Gasteiger partial charge in [-0.25, -0.2) is 0 Å². The molecule has 0 unspecified atom stereocenters. The summed E-state index contributed by atoms with van der Waals surface area (Å²) in [6.45, 7) is 4.25. The van der Waals surface area contributed by atoms with E-state index >= 15 is 0 Å². The molecule has 0 aliphatic heterocycles. The molecule has 0 bridgehead atoms. The van der Waals surface area contributed by atoms with Crippen molar-refractivity contribution in [1.29, 1.82) is 5.26 Å². The van der Waals surface area contributed by atoms with Crippen molar-refractivity contribution in [2.24, 2.45) is 0 Å². The van der Waals surface area contributed by atoms with Crippen LogP contribution in [-0.4, -0.2) is 4.98 Å². The van der Waals surface area contributed by atoms with Gasteiger partial charge in [-0.1, -0.05) is 32.0 Å². The first kappa shape index (κ1) is 11.3. The van der Waals surface area contributed by atoms with E-state index in [1.165, 1.54) is 0 Å². The third-order valence-corrected chi connectivity index (χ3v) is 2.65. The van der Waals surface area contributed by atoms with Crippen LogP contribution >= 0.6 is 0 Å².